The van der Waals surface area contributed by atoms with E-state index in [2.05, 4.69) is 9.56 Å². The average molecular weight is 231 g/mol. The Labute approximate surface area is 85.9 Å². The molecule has 0 bridgehead atoms. The van der Waals surface area contributed by atoms with E-state index in [-0.39, 0.29) is 12.2 Å². The molecule has 0 aliphatic heterocycles. The van der Waals surface area contributed by atoms with Crippen molar-refractivity contribution < 1.29 is 28.9 Å². The molecule has 0 aromatic heterocycles. The van der Waals surface area contributed by atoms with Crippen molar-refractivity contribution in [3.05, 3.63) is 35.4 Å². The molecular formula is C8H8O6P+. The van der Waals surface area contributed by atoms with Crippen LogP contribution >= 0.6 is 8.25 Å². The second kappa shape index (κ2) is 5.53. The Morgan fingerprint density at radius 2 is 1.93 bits per heavy atom. The highest BCUT2D eigenvalue weighted by Crippen LogP contribution is 2.16. The van der Waals surface area contributed by atoms with E-state index in [9.17, 15) is 9.36 Å². The van der Waals surface area contributed by atoms with Gasteiger partial charge in [0.15, 0.2) is 0 Å². The smallest absolute Gasteiger partial charge is 0.392 e. The Morgan fingerprint density at radius 1 is 1.33 bits per heavy atom. The number of benzene rings is 1. The maximum atomic E-state index is 11.1. The highest BCUT2D eigenvalue weighted by atomic mass is 31.1. The van der Waals surface area contributed by atoms with E-state index in [0.29, 0.717) is 5.56 Å². The lowest BCUT2D eigenvalue weighted by atomic mass is 10.1. The predicted molar refractivity (Wildman–Crippen MR) is 48.7 cm³/mol. The molecule has 2 N–H and O–H groups in total. The summed E-state index contributed by atoms with van der Waals surface area (Å²) in [6.45, 7) is -0.131. The van der Waals surface area contributed by atoms with Crippen LogP contribution in [0.15, 0.2) is 24.3 Å². The van der Waals surface area contributed by atoms with Crippen LogP contribution in [0.4, 0.5) is 0 Å². The largest absolute Gasteiger partial charge is 0.736 e. The molecule has 7 heteroatoms. The predicted octanol–water partition coefficient (Wildman–Crippen LogP) is 0.917. The highest BCUT2D eigenvalue weighted by Gasteiger charge is 2.19. The minimum atomic E-state index is -2.97. The van der Waals surface area contributed by atoms with Gasteiger partial charge in [0.05, 0.1) is 12.2 Å². The van der Waals surface area contributed by atoms with Crippen molar-refractivity contribution in [2.24, 2.45) is 0 Å². The van der Waals surface area contributed by atoms with Crippen molar-refractivity contribution in [3.8, 4) is 0 Å². The van der Waals surface area contributed by atoms with Crippen LogP contribution in [0.5, 0.6) is 0 Å². The summed E-state index contributed by atoms with van der Waals surface area (Å²) >= 11 is 0. The van der Waals surface area contributed by atoms with Crippen LogP contribution in [0.3, 0.4) is 0 Å². The summed E-state index contributed by atoms with van der Waals surface area (Å²) in [4.78, 5) is 23.3. The molecule has 6 nitrogen and oxygen atoms in total. The number of hydrogen-bond donors (Lipinski definition) is 2. The summed E-state index contributed by atoms with van der Waals surface area (Å²) in [7, 11) is -2.97. The molecule has 0 spiro atoms. The van der Waals surface area contributed by atoms with Gasteiger partial charge in [-0.15, -0.1) is 4.89 Å². The van der Waals surface area contributed by atoms with E-state index in [0.717, 1.165) is 0 Å². The standard InChI is InChI=1S/C8H7O6P/c9-5-6-1-3-7(4-2-6)8(10)13-14-15(11)12/h1-4,9H,5H2/p+1. The summed E-state index contributed by atoms with van der Waals surface area (Å²) < 4.78 is 13.8. The van der Waals surface area contributed by atoms with Crippen molar-refractivity contribution in [1.82, 2.24) is 0 Å². The zero-order valence-electron chi connectivity index (χ0n) is 7.49. The van der Waals surface area contributed by atoms with Gasteiger partial charge in [0.1, 0.15) is 4.67 Å². The third kappa shape index (κ3) is 3.73. The van der Waals surface area contributed by atoms with Gasteiger partial charge in [-0.05, 0) is 17.7 Å². The van der Waals surface area contributed by atoms with Gasteiger partial charge in [-0.3, -0.25) is 0 Å². The monoisotopic (exact) mass is 231 g/mol. The third-order valence-electron chi connectivity index (χ3n) is 1.55. The zero-order chi connectivity index (χ0) is 11.3. The van der Waals surface area contributed by atoms with Crippen LogP contribution in [0.25, 0.3) is 0 Å². The molecule has 80 valence electrons. The highest BCUT2D eigenvalue weighted by molar-refractivity contribution is 7.31. The van der Waals surface area contributed by atoms with Gasteiger partial charge in [0.25, 0.3) is 0 Å². The molecular weight excluding hydrogens is 223 g/mol. The molecule has 0 aliphatic rings. The lowest BCUT2D eigenvalue weighted by Crippen LogP contribution is -2.03. The molecule has 1 aromatic carbocycles. The van der Waals surface area contributed by atoms with E-state index in [1.54, 1.807) is 0 Å². The van der Waals surface area contributed by atoms with Crippen LogP contribution < -0.4 is 0 Å². The number of aliphatic hydroxyl groups excluding tert-OH is 1. The normalized spacial score (nSPS) is 10.9. The number of rotatable bonds is 4. The van der Waals surface area contributed by atoms with Crippen LogP contribution in [-0.4, -0.2) is 16.0 Å². The molecule has 1 aromatic rings. The SMILES string of the molecule is O=C(OO[P+](=O)O)c1ccc(CO)cc1. The molecule has 0 heterocycles. The maximum Gasteiger partial charge on any atom is 0.736 e. The molecule has 0 saturated heterocycles. The molecule has 0 fully saturated rings. The summed E-state index contributed by atoms with van der Waals surface area (Å²) in [6, 6.07) is 5.86. The topological polar surface area (TPSA) is 93.1 Å². The molecule has 0 radical (unpaired) electrons. The minimum absolute atomic E-state index is 0.131. The minimum Gasteiger partial charge on any atom is -0.392 e. The molecule has 0 aliphatic carbocycles. The van der Waals surface area contributed by atoms with Gasteiger partial charge in [-0.1, -0.05) is 12.1 Å². The van der Waals surface area contributed by atoms with Crippen LogP contribution in [-0.2, 0) is 20.7 Å². The fraction of sp³-hybridized carbons (Fsp3) is 0.125. The van der Waals surface area contributed by atoms with Gasteiger partial charge in [-0.25, -0.2) is 9.68 Å². The molecule has 1 unspecified atom stereocenters. The fourth-order valence-corrected chi connectivity index (χ4v) is 0.992. The van der Waals surface area contributed by atoms with Gasteiger partial charge in [-0.2, -0.15) is 0 Å². The number of aliphatic hydroxyl groups is 1. The zero-order valence-corrected chi connectivity index (χ0v) is 8.39. The van der Waals surface area contributed by atoms with Crippen molar-refractivity contribution in [2.45, 2.75) is 6.61 Å². The van der Waals surface area contributed by atoms with E-state index < -0.39 is 14.2 Å². The Balaban J connectivity index is 2.62. The van der Waals surface area contributed by atoms with Gasteiger partial charge >= 0.3 is 14.2 Å². The van der Waals surface area contributed by atoms with Crippen LogP contribution in [0.1, 0.15) is 15.9 Å². The average Bonchev–Trinajstić information content (AvgIpc) is 2.26. The summed E-state index contributed by atoms with van der Waals surface area (Å²) in [6.07, 6.45) is 0. The van der Waals surface area contributed by atoms with E-state index in [4.69, 9.17) is 10.00 Å². The maximum absolute atomic E-state index is 11.1. The molecule has 1 rings (SSSR count). The van der Waals surface area contributed by atoms with Crippen LogP contribution in [0, 0.1) is 0 Å². The fourth-order valence-electron chi connectivity index (χ4n) is 0.860. The third-order valence-corrected chi connectivity index (χ3v) is 1.75. The molecule has 0 saturated carbocycles. The lowest BCUT2D eigenvalue weighted by Gasteiger charge is -1.97. The second-order valence-electron chi connectivity index (χ2n) is 2.54. The first-order valence-electron chi connectivity index (χ1n) is 3.88. The first kappa shape index (κ1) is 11.7. The number of hydrogen-bond acceptors (Lipinski definition) is 5. The second-order valence-corrected chi connectivity index (χ2v) is 3.16. The summed E-state index contributed by atoms with van der Waals surface area (Å²) in [5.41, 5.74) is 0.796. The van der Waals surface area contributed by atoms with E-state index >= 15 is 0 Å². The van der Waals surface area contributed by atoms with Crippen molar-refractivity contribution >= 4 is 14.2 Å². The van der Waals surface area contributed by atoms with Crippen LogP contribution in [0.2, 0.25) is 0 Å². The Kier molecular flexibility index (Phi) is 4.33. The summed E-state index contributed by atoms with van der Waals surface area (Å²) in [5, 5.41) is 8.73. The Bertz CT molecular complexity index is 360. The number of carbonyl (C=O) groups excluding carboxylic acids is 1. The van der Waals surface area contributed by atoms with Gasteiger partial charge in [0.2, 0.25) is 0 Å². The van der Waals surface area contributed by atoms with Crippen molar-refractivity contribution in [1.29, 1.82) is 0 Å². The Morgan fingerprint density at radius 3 is 2.40 bits per heavy atom. The molecule has 1 atom stereocenters. The van der Waals surface area contributed by atoms with Crippen molar-refractivity contribution in [3.63, 3.8) is 0 Å². The quantitative estimate of drug-likeness (QED) is 0.454. The van der Waals surface area contributed by atoms with Crippen molar-refractivity contribution in [2.75, 3.05) is 0 Å². The number of carbonyl (C=O) groups is 1. The molecule has 0 amide bonds. The van der Waals surface area contributed by atoms with E-state index in [1.807, 2.05) is 0 Å². The summed E-state index contributed by atoms with van der Waals surface area (Å²) in [5.74, 6) is -0.878. The first-order valence-corrected chi connectivity index (χ1v) is 5.01. The first-order chi connectivity index (χ1) is 7.13. The Hall–Kier alpha value is -1.33. The van der Waals surface area contributed by atoms with Gasteiger partial charge in [0, 0.05) is 4.57 Å². The molecule has 15 heavy (non-hydrogen) atoms. The lowest BCUT2D eigenvalue weighted by molar-refractivity contribution is -0.150. The van der Waals surface area contributed by atoms with Gasteiger partial charge < -0.3 is 5.11 Å². The van der Waals surface area contributed by atoms with E-state index in [1.165, 1.54) is 24.3 Å².